The van der Waals surface area contributed by atoms with Crippen molar-refractivity contribution in [3.05, 3.63) is 23.8 Å². The van der Waals surface area contributed by atoms with Crippen LogP contribution in [0.4, 0.5) is 0 Å². The second-order valence-electron chi connectivity index (χ2n) is 15.7. The van der Waals surface area contributed by atoms with Crippen LogP contribution in [0.25, 0.3) is 0 Å². The van der Waals surface area contributed by atoms with Crippen LogP contribution in [0.5, 0.6) is 0 Å². The second kappa shape index (κ2) is 16.5. The van der Waals surface area contributed by atoms with Crippen LogP contribution in [0.2, 0.25) is 0 Å². The number of allylic oxidation sites excluding steroid dienone is 4. The zero-order valence-corrected chi connectivity index (χ0v) is 31.0. The third-order valence-corrected chi connectivity index (χ3v) is 12.8. The average molecular weight is 704 g/mol. The minimum Gasteiger partial charge on any atom is -0.462 e. The van der Waals surface area contributed by atoms with Crippen LogP contribution < -0.4 is 5.32 Å². The molecule has 0 aromatic rings. The number of rotatable bonds is 8. The first kappa shape index (κ1) is 38.0. The smallest absolute Gasteiger partial charge is 0.306 e. The van der Waals surface area contributed by atoms with Crippen LogP contribution >= 0.6 is 0 Å². The van der Waals surface area contributed by atoms with E-state index in [1.807, 2.05) is 20.9 Å². The number of hydrogen-bond donors (Lipinski definition) is 2. The highest BCUT2D eigenvalue weighted by molar-refractivity contribution is 5.99. The Morgan fingerprint density at radius 1 is 0.920 bits per heavy atom. The molecule has 4 fully saturated rings. The van der Waals surface area contributed by atoms with Crippen molar-refractivity contribution in [2.45, 2.75) is 153 Å². The molecule has 0 spiro atoms. The van der Waals surface area contributed by atoms with E-state index in [0.29, 0.717) is 6.42 Å². The van der Waals surface area contributed by atoms with Gasteiger partial charge >= 0.3 is 5.97 Å². The third-order valence-electron chi connectivity index (χ3n) is 12.8. The molecule has 2 N–H and O–H groups in total. The molecule has 282 valence electrons. The number of likely N-dealkylation sites (N-methyl/N-ethyl adjacent to an activating group) is 1. The van der Waals surface area contributed by atoms with E-state index >= 15 is 0 Å². The van der Waals surface area contributed by atoms with E-state index in [2.05, 4.69) is 37.4 Å². The number of ether oxygens (including phenoxy) is 7. The number of ketones is 1. The number of aliphatic hydroxyl groups excluding tert-OH is 1. The van der Waals surface area contributed by atoms with Crippen molar-refractivity contribution in [2.24, 2.45) is 35.5 Å². The van der Waals surface area contributed by atoms with E-state index in [0.717, 1.165) is 50.5 Å². The first-order chi connectivity index (χ1) is 24.1. The Morgan fingerprint density at radius 2 is 1.70 bits per heavy atom. The molecule has 0 aromatic heterocycles. The number of cyclic esters (lactones) is 1. The molecule has 0 radical (unpaired) electrons. The molecule has 0 amide bonds. The van der Waals surface area contributed by atoms with Gasteiger partial charge in [0.15, 0.2) is 18.4 Å². The van der Waals surface area contributed by atoms with Gasteiger partial charge in [0, 0.05) is 32.1 Å². The number of fused-ring (bicyclic) bond motifs is 5. The lowest BCUT2D eigenvalue weighted by atomic mass is 9.70. The van der Waals surface area contributed by atoms with Gasteiger partial charge < -0.3 is 43.6 Å². The van der Waals surface area contributed by atoms with Gasteiger partial charge in [-0.1, -0.05) is 32.1 Å². The SMILES string of the molecule is CC[C@H]1CCC[C@H](O[C@H]2CC[C@H](NC)[C@@H](C)O2)[C@@H](C)C(=O)C2=C[C@@H]3[C@@H](C=C[C@@H]4C[C@@H](O[C@@H]5O[C@@H](C)[C@H](OC)[C@@H](O)[C@H]5OC)C[C@@H]34)[C@@H]2CC(=O)O1. The van der Waals surface area contributed by atoms with Crippen LogP contribution in [0, 0.1) is 35.5 Å². The topological polar surface area (TPSA) is 131 Å². The molecule has 0 aromatic carbocycles. The molecular weight excluding hydrogens is 642 g/mol. The Hall–Kier alpha value is -1.70. The van der Waals surface area contributed by atoms with Crippen molar-refractivity contribution in [1.82, 2.24) is 5.32 Å². The maximum atomic E-state index is 14.6. The molecule has 3 saturated heterocycles. The Balaban J connectivity index is 1.21. The fourth-order valence-corrected chi connectivity index (χ4v) is 9.87. The zero-order valence-electron chi connectivity index (χ0n) is 31.0. The van der Waals surface area contributed by atoms with E-state index in [1.165, 1.54) is 0 Å². The largest absolute Gasteiger partial charge is 0.462 e. The fraction of sp³-hybridized carbons (Fsp3) is 0.846. The zero-order chi connectivity index (χ0) is 35.7. The van der Waals surface area contributed by atoms with Crippen molar-refractivity contribution >= 4 is 11.8 Å². The number of esters is 1. The predicted octanol–water partition coefficient (Wildman–Crippen LogP) is 4.49. The van der Waals surface area contributed by atoms with E-state index < -0.39 is 24.6 Å². The lowest BCUT2D eigenvalue weighted by molar-refractivity contribution is -0.311. The number of Topliss-reactive ketones (excluding diaryl/α,β-unsaturated/α-hetero) is 1. The second-order valence-corrected chi connectivity index (χ2v) is 15.7. The lowest BCUT2D eigenvalue weighted by Gasteiger charge is -2.42. The maximum Gasteiger partial charge on any atom is 0.306 e. The van der Waals surface area contributed by atoms with E-state index in [9.17, 15) is 14.7 Å². The van der Waals surface area contributed by atoms with Crippen molar-refractivity contribution in [2.75, 3.05) is 21.3 Å². The normalized spacial score (nSPS) is 47.0. The van der Waals surface area contributed by atoms with Gasteiger partial charge in [0.05, 0.1) is 30.8 Å². The summed E-state index contributed by atoms with van der Waals surface area (Å²) in [7, 11) is 5.07. The first-order valence-corrected chi connectivity index (χ1v) is 19.2. The van der Waals surface area contributed by atoms with Gasteiger partial charge in [-0.2, -0.15) is 0 Å². The summed E-state index contributed by atoms with van der Waals surface area (Å²) in [6.07, 6.45) is 9.16. The predicted molar refractivity (Wildman–Crippen MR) is 185 cm³/mol. The molecule has 1 saturated carbocycles. The first-order valence-electron chi connectivity index (χ1n) is 19.2. The van der Waals surface area contributed by atoms with Crippen LogP contribution in [-0.4, -0.2) is 106 Å². The summed E-state index contributed by atoms with van der Waals surface area (Å²) in [6, 6.07) is 0.283. The van der Waals surface area contributed by atoms with Gasteiger partial charge in [0.25, 0.3) is 0 Å². The number of carbonyl (C=O) groups is 2. The molecule has 17 atom stereocenters. The van der Waals surface area contributed by atoms with Crippen LogP contribution in [0.15, 0.2) is 23.8 Å². The summed E-state index contributed by atoms with van der Waals surface area (Å²) < 4.78 is 42.8. The third kappa shape index (κ3) is 7.81. The van der Waals surface area contributed by atoms with Gasteiger partial charge in [-0.05, 0) is 102 Å². The monoisotopic (exact) mass is 703 g/mol. The van der Waals surface area contributed by atoms with Crippen LogP contribution in [-0.2, 0) is 42.7 Å². The average Bonchev–Trinajstić information content (AvgIpc) is 3.67. The summed E-state index contributed by atoms with van der Waals surface area (Å²) in [5.41, 5.74) is 0.743. The number of methoxy groups -OCH3 is 2. The molecule has 3 aliphatic carbocycles. The minimum atomic E-state index is -0.880. The molecule has 3 aliphatic heterocycles. The molecule has 6 aliphatic rings. The van der Waals surface area contributed by atoms with E-state index in [-0.39, 0.29) is 96.5 Å². The van der Waals surface area contributed by atoms with Crippen molar-refractivity contribution in [3.63, 3.8) is 0 Å². The van der Waals surface area contributed by atoms with Gasteiger partial charge in [-0.25, -0.2) is 0 Å². The molecular formula is C39H61NO10. The summed E-state index contributed by atoms with van der Waals surface area (Å²) >= 11 is 0. The molecule has 0 bridgehead atoms. The summed E-state index contributed by atoms with van der Waals surface area (Å²) in [5, 5.41) is 14.3. The number of nitrogens with one attached hydrogen (secondary N) is 1. The highest BCUT2D eigenvalue weighted by atomic mass is 16.7. The quantitative estimate of drug-likeness (QED) is 0.274. The van der Waals surface area contributed by atoms with Gasteiger partial charge in [0.2, 0.25) is 0 Å². The number of aliphatic hydroxyl groups is 1. The Bertz CT molecular complexity index is 1240. The molecule has 3 heterocycles. The van der Waals surface area contributed by atoms with Crippen LogP contribution in [0.3, 0.4) is 0 Å². The highest BCUT2D eigenvalue weighted by Crippen LogP contribution is 2.54. The molecule has 6 rings (SSSR count). The molecule has 11 nitrogen and oxygen atoms in total. The Morgan fingerprint density at radius 3 is 2.40 bits per heavy atom. The molecule has 11 heteroatoms. The van der Waals surface area contributed by atoms with E-state index in [4.69, 9.17) is 33.2 Å². The Labute approximate surface area is 298 Å². The van der Waals surface area contributed by atoms with Gasteiger partial charge in [0.1, 0.15) is 24.4 Å². The summed E-state index contributed by atoms with van der Waals surface area (Å²) in [4.78, 5) is 28.0. The summed E-state index contributed by atoms with van der Waals surface area (Å²) in [5.74, 6) is -0.143. The number of hydrogen-bond acceptors (Lipinski definition) is 11. The van der Waals surface area contributed by atoms with Crippen LogP contribution in [0.1, 0.15) is 85.5 Å². The molecule has 50 heavy (non-hydrogen) atoms. The minimum absolute atomic E-state index is 0.0182. The maximum absolute atomic E-state index is 14.6. The van der Waals surface area contributed by atoms with E-state index in [1.54, 1.807) is 14.2 Å². The van der Waals surface area contributed by atoms with Crippen molar-refractivity contribution in [3.8, 4) is 0 Å². The standard InChI is InChI=1S/C39H61NO10/c1-8-24-10-9-11-32(50-34-15-14-31(40-5)21(3)46-34)20(2)35(42)30-18-28-26(29(30)19-33(41)48-24)13-12-23-16-25(17-27(23)28)49-39-38(45-7)36(43)37(44-6)22(4)47-39/h12-13,18,20-29,31-32,34,36-40,43H,8-11,14-17,19H2,1-7H3/t20-,21-,22+,23-,24+,25-,26-,27-,28-,29+,31+,32+,34+,36-,37+,38-,39+/m1/s1. The Kier molecular flexibility index (Phi) is 12.6. The fourth-order valence-electron chi connectivity index (χ4n) is 9.87. The highest BCUT2D eigenvalue weighted by Gasteiger charge is 2.52. The van der Waals surface area contributed by atoms with Gasteiger partial charge in [-0.3, -0.25) is 9.59 Å². The molecule has 0 unspecified atom stereocenters. The van der Waals surface area contributed by atoms with Crippen molar-refractivity contribution < 1.29 is 47.9 Å². The number of carbonyl (C=O) groups excluding carboxylic acids is 2. The van der Waals surface area contributed by atoms with Crippen molar-refractivity contribution in [1.29, 1.82) is 0 Å². The van der Waals surface area contributed by atoms with Gasteiger partial charge in [-0.15, -0.1) is 0 Å². The summed E-state index contributed by atoms with van der Waals surface area (Å²) in [6.45, 7) is 8.00. The lowest BCUT2D eigenvalue weighted by Crippen LogP contribution is -2.59.